The van der Waals surface area contributed by atoms with Crippen molar-refractivity contribution in [2.24, 2.45) is 5.92 Å². The van der Waals surface area contributed by atoms with Gasteiger partial charge in [-0.1, -0.05) is 30.3 Å². The number of nitrogens with zero attached hydrogens (tertiary/aromatic N) is 4. The summed E-state index contributed by atoms with van der Waals surface area (Å²) in [7, 11) is 0. The van der Waals surface area contributed by atoms with E-state index in [9.17, 15) is 9.59 Å². The summed E-state index contributed by atoms with van der Waals surface area (Å²) < 4.78 is 1.88. The number of carbonyl (C=O) groups excluding carboxylic acids is 2. The van der Waals surface area contributed by atoms with Crippen molar-refractivity contribution in [3.8, 4) is 0 Å². The van der Waals surface area contributed by atoms with Crippen molar-refractivity contribution in [3.63, 3.8) is 0 Å². The van der Waals surface area contributed by atoms with Gasteiger partial charge in [-0.15, -0.1) is 10.2 Å². The molecule has 2 aromatic rings. The van der Waals surface area contributed by atoms with E-state index in [1.54, 1.807) is 11.2 Å². The van der Waals surface area contributed by atoms with Gasteiger partial charge in [-0.2, -0.15) is 0 Å². The fourth-order valence-corrected chi connectivity index (χ4v) is 3.18. The van der Waals surface area contributed by atoms with E-state index < -0.39 is 0 Å². The Morgan fingerprint density at radius 1 is 1.36 bits per heavy atom. The van der Waals surface area contributed by atoms with Crippen LogP contribution >= 0.6 is 0 Å². The highest BCUT2D eigenvalue weighted by Gasteiger charge is 2.36. The quantitative estimate of drug-likeness (QED) is 0.864. The van der Waals surface area contributed by atoms with Crippen molar-refractivity contribution in [2.75, 3.05) is 6.54 Å². The van der Waals surface area contributed by atoms with E-state index in [2.05, 4.69) is 15.5 Å². The molecule has 0 unspecified atom stereocenters. The van der Waals surface area contributed by atoms with Crippen LogP contribution in [0.25, 0.3) is 0 Å². The Morgan fingerprint density at radius 2 is 2.12 bits per heavy atom. The Morgan fingerprint density at radius 3 is 2.84 bits per heavy atom. The Bertz CT molecular complexity index is 743. The van der Waals surface area contributed by atoms with Crippen LogP contribution in [0.5, 0.6) is 0 Å². The van der Waals surface area contributed by atoms with Crippen LogP contribution in [0.3, 0.4) is 0 Å². The van der Waals surface area contributed by atoms with E-state index in [-0.39, 0.29) is 30.2 Å². The van der Waals surface area contributed by atoms with E-state index in [1.165, 1.54) is 0 Å². The standard InChI is InChI=1S/C18H23N5O2/c1-3-22-12-20-21-16(22)10-19-18(25)15-9-17(24)23(11-15)13(2)14-7-5-4-6-8-14/h4-8,12-13,15H,3,9-11H2,1-2H3,(H,19,25)/t13-,15-/m0/s1. The number of hydrogen-bond donors (Lipinski definition) is 1. The molecule has 7 heteroatoms. The molecule has 132 valence electrons. The Balaban J connectivity index is 1.59. The molecule has 7 nitrogen and oxygen atoms in total. The van der Waals surface area contributed by atoms with Gasteiger partial charge in [0, 0.05) is 19.5 Å². The molecule has 1 aromatic carbocycles. The first kappa shape index (κ1) is 17.1. The highest BCUT2D eigenvalue weighted by molar-refractivity contribution is 5.89. The summed E-state index contributed by atoms with van der Waals surface area (Å²) in [6, 6.07) is 9.84. The maximum atomic E-state index is 12.4. The number of aryl methyl sites for hydroxylation is 1. The van der Waals surface area contributed by atoms with Crippen molar-refractivity contribution in [1.29, 1.82) is 0 Å². The summed E-state index contributed by atoms with van der Waals surface area (Å²) in [5.41, 5.74) is 1.08. The molecule has 0 saturated carbocycles. The molecule has 2 heterocycles. The molecule has 1 saturated heterocycles. The number of aromatic nitrogens is 3. The van der Waals surface area contributed by atoms with Crippen LogP contribution in [0.1, 0.15) is 37.7 Å². The zero-order chi connectivity index (χ0) is 17.8. The number of rotatable bonds is 6. The molecule has 2 amide bonds. The van der Waals surface area contributed by atoms with Crippen molar-refractivity contribution in [3.05, 3.63) is 48.0 Å². The average Bonchev–Trinajstić information content (AvgIpc) is 3.26. The third-order valence-corrected chi connectivity index (χ3v) is 4.74. The largest absolute Gasteiger partial charge is 0.348 e. The molecule has 1 N–H and O–H groups in total. The van der Waals surface area contributed by atoms with E-state index in [0.29, 0.717) is 13.1 Å². The van der Waals surface area contributed by atoms with E-state index in [4.69, 9.17) is 0 Å². The predicted molar refractivity (Wildman–Crippen MR) is 92.2 cm³/mol. The molecule has 1 aliphatic rings. The zero-order valence-electron chi connectivity index (χ0n) is 14.6. The van der Waals surface area contributed by atoms with Crippen LogP contribution in [-0.4, -0.2) is 38.0 Å². The maximum absolute atomic E-state index is 12.4. The molecule has 1 aromatic heterocycles. The highest BCUT2D eigenvalue weighted by Crippen LogP contribution is 2.28. The lowest BCUT2D eigenvalue weighted by molar-refractivity contribution is -0.130. The van der Waals surface area contributed by atoms with Crippen molar-refractivity contribution in [1.82, 2.24) is 25.0 Å². The van der Waals surface area contributed by atoms with Gasteiger partial charge in [-0.25, -0.2) is 0 Å². The third kappa shape index (κ3) is 3.70. The van der Waals surface area contributed by atoms with E-state index in [0.717, 1.165) is 17.9 Å². The van der Waals surface area contributed by atoms with Gasteiger partial charge >= 0.3 is 0 Å². The van der Waals surface area contributed by atoms with Gasteiger partial charge in [-0.3, -0.25) is 9.59 Å². The van der Waals surface area contributed by atoms with Gasteiger partial charge in [0.05, 0.1) is 18.5 Å². The van der Waals surface area contributed by atoms with Gasteiger partial charge in [0.1, 0.15) is 6.33 Å². The fourth-order valence-electron chi connectivity index (χ4n) is 3.18. The second-order valence-electron chi connectivity index (χ2n) is 6.28. The first-order valence-corrected chi connectivity index (χ1v) is 8.59. The summed E-state index contributed by atoms with van der Waals surface area (Å²) in [5.74, 6) is 0.307. The second kappa shape index (κ2) is 7.46. The fraction of sp³-hybridized carbons (Fsp3) is 0.444. The van der Waals surface area contributed by atoms with Gasteiger partial charge in [0.15, 0.2) is 5.82 Å². The number of benzene rings is 1. The van der Waals surface area contributed by atoms with Crippen molar-refractivity contribution in [2.45, 2.75) is 39.4 Å². The Kier molecular flexibility index (Phi) is 5.11. The lowest BCUT2D eigenvalue weighted by Gasteiger charge is -2.25. The molecule has 25 heavy (non-hydrogen) atoms. The first-order valence-electron chi connectivity index (χ1n) is 8.59. The number of hydrogen-bond acceptors (Lipinski definition) is 4. The highest BCUT2D eigenvalue weighted by atomic mass is 16.2. The van der Waals surface area contributed by atoms with Crippen LogP contribution in [0.15, 0.2) is 36.7 Å². The lowest BCUT2D eigenvalue weighted by Crippen LogP contribution is -2.34. The minimum Gasteiger partial charge on any atom is -0.348 e. The van der Waals surface area contributed by atoms with Crippen LogP contribution in [0, 0.1) is 5.92 Å². The molecule has 3 rings (SSSR count). The summed E-state index contributed by atoms with van der Waals surface area (Å²) in [5, 5.41) is 10.7. The Hall–Kier alpha value is -2.70. The predicted octanol–water partition coefficient (Wildman–Crippen LogP) is 1.52. The van der Waals surface area contributed by atoms with Crippen LogP contribution in [0.2, 0.25) is 0 Å². The van der Waals surface area contributed by atoms with Crippen LogP contribution in [0.4, 0.5) is 0 Å². The smallest absolute Gasteiger partial charge is 0.225 e. The molecule has 0 radical (unpaired) electrons. The summed E-state index contributed by atoms with van der Waals surface area (Å²) in [6.45, 7) is 5.51. The summed E-state index contributed by atoms with van der Waals surface area (Å²) in [4.78, 5) is 26.6. The average molecular weight is 341 g/mol. The molecule has 2 atom stereocenters. The van der Waals surface area contributed by atoms with Gasteiger partial charge < -0.3 is 14.8 Å². The normalized spacial score (nSPS) is 18.4. The van der Waals surface area contributed by atoms with Crippen LogP contribution < -0.4 is 5.32 Å². The van der Waals surface area contributed by atoms with Crippen molar-refractivity contribution < 1.29 is 9.59 Å². The van der Waals surface area contributed by atoms with Crippen molar-refractivity contribution >= 4 is 11.8 Å². The SMILES string of the molecule is CCn1cnnc1CNC(=O)[C@H]1CC(=O)N([C@@H](C)c2ccccc2)C1. The molecule has 0 bridgehead atoms. The minimum absolute atomic E-state index is 0.0215. The van der Waals surface area contributed by atoms with Gasteiger partial charge in [0.25, 0.3) is 0 Å². The maximum Gasteiger partial charge on any atom is 0.225 e. The molecular formula is C18H23N5O2. The Labute approximate surface area is 147 Å². The third-order valence-electron chi connectivity index (χ3n) is 4.74. The topological polar surface area (TPSA) is 80.1 Å². The molecule has 0 spiro atoms. The minimum atomic E-state index is -0.323. The molecule has 1 aliphatic heterocycles. The molecule has 0 aliphatic carbocycles. The van der Waals surface area contributed by atoms with Gasteiger partial charge in [-0.05, 0) is 19.4 Å². The number of likely N-dealkylation sites (tertiary alicyclic amines) is 1. The summed E-state index contributed by atoms with van der Waals surface area (Å²) in [6.07, 6.45) is 1.90. The second-order valence-corrected chi connectivity index (χ2v) is 6.28. The zero-order valence-corrected chi connectivity index (χ0v) is 14.6. The first-order chi connectivity index (χ1) is 12.1. The van der Waals surface area contributed by atoms with E-state index >= 15 is 0 Å². The molecular weight excluding hydrogens is 318 g/mol. The summed E-state index contributed by atoms with van der Waals surface area (Å²) >= 11 is 0. The number of amides is 2. The van der Waals surface area contributed by atoms with Crippen LogP contribution in [-0.2, 0) is 22.7 Å². The van der Waals surface area contributed by atoms with Gasteiger partial charge in [0.2, 0.25) is 11.8 Å². The number of carbonyl (C=O) groups is 2. The molecule has 1 fully saturated rings. The van der Waals surface area contributed by atoms with E-state index in [1.807, 2.05) is 48.7 Å². The lowest BCUT2D eigenvalue weighted by atomic mass is 10.1. The number of nitrogens with one attached hydrogen (secondary N) is 1. The monoisotopic (exact) mass is 341 g/mol.